The first-order valence-electron chi connectivity index (χ1n) is 11.3. The Morgan fingerprint density at radius 1 is 0.679 bits per heavy atom. The van der Waals surface area contributed by atoms with E-state index in [-0.39, 0.29) is 23.8 Å². The zero-order valence-electron chi connectivity index (χ0n) is 17.5. The van der Waals surface area contributed by atoms with Crippen molar-refractivity contribution in [1.82, 2.24) is 9.80 Å². The summed E-state index contributed by atoms with van der Waals surface area (Å²) in [5, 5.41) is 0. The monoisotopic (exact) mass is 392 g/mol. The highest BCUT2D eigenvalue weighted by Gasteiger charge is 2.42. The van der Waals surface area contributed by atoms with Gasteiger partial charge < -0.3 is 19.3 Å². The van der Waals surface area contributed by atoms with E-state index in [4.69, 9.17) is 9.47 Å². The summed E-state index contributed by atoms with van der Waals surface area (Å²) in [5.74, 6) is 0.102. The molecule has 4 aliphatic rings. The number of piperidine rings is 2. The molecular formula is C22H36N2O4. The van der Waals surface area contributed by atoms with Crippen LogP contribution in [0, 0.1) is 11.8 Å². The maximum absolute atomic E-state index is 12.3. The average molecular weight is 393 g/mol. The predicted octanol–water partition coefficient (Wildman–Crippen LogP) is 2.60. The number of rotatable bonds is 7. The van der Waals surface area contributed by atoms with Crippen LogP contribution < -0.4 is 0 Å². The Bertz CT molecular complexity index is 505. The number of hydrogen-bond acceptors (Lipinski definition) is 6. The first kappa shape index (κ1) is 20.1. The zero-order chi connectivity index (χ0) is 19.7. The lowest BCUT2D eigenvalue weighted by molar-refractivity contribution is -0.153. The van der Waals surface area contributed by atoms with E-state index in [2.05, 4.69) is 23.9 Å². The summed E-state index contributed by atoms with van der Waals surface area (Å²) in [6.07, 6.45) is 10.2. The van der Waals surface area contributed by atoms with Crippen molar-refractivity contribution in [1.29, 1.82) is 0 Å². The van der Waals surface area contributed by atoms with Crippen molar-refractivity contribution in [3.63, 3.8) is 0 Å². The maximum atomic E-state index is 12.3. The third-order valence-corrected chi connectivity index (χ3v) is 7.89. The fourth-order valence-electron chi connectivity index (χ4n) is 5.99. The topological polar surface area (TPSA) is 59.1 Å². The van der Waals surface area contributed by atoms with Gasteiger partial charge in [-0.05, 0) is 78.3 Å². The van der Waals surface area contributed by atoms with Crippen molar-refractivity contribution < 1.29 is 19.1 Å². The quantitative estimate of drug-likeness (QED) is 0.490. The highest BCUT2D eigenvalue weighted by Crippen LogP contribution is 2.38. The fourth-order valence-corrected chi connectivity index (χ4v) is 5.99. The van der Waals surface area contributed by atoms with Crippen LogP contribution in [0.5, 0.6) is 0 Å². The summed E-state index contributed by atoms with van der Waals surface area (Å²) in [4.78, 5) is 29.5. The largest absolute Gasteiger partial charge is 0.465 e. The molecule has 4 rings (SSSR count). The number of hydrogen-bond donors (Lipinski definition) is 0. The number of carbonyl (C=O) groups excluding carboxylic acids is 2. The SMILES string of the molecule is CN1C2CCC1CC(C(=O)OCCCCOC(=O)C1CC3CCC(C1)N3C)C2. The molecule has 28 heavy (non-hydrogen) atoms. The molecule has 0 saturated carbocycles. The van der Waals surface area contributed by atoms with Crippen LogP contribution in [0.15, 0.2) is 0 Å². The zero-order valence-corrected chi connectivity index (χ0v) is 17.5. The van der Waals surface area contributed by atoms with Crippen LogP contribution in [0.1, 0.15) is 64.2 Å². The minimum absolute atomic E-state index is 0.0243. The summed E-state index contributed by atoms with van der Waals surface area (Å²) in [5.41, 5.74) is 0. The van der Waals surface area contributed by atoms with Gasteiger partial charge in [0.15, 0.2) is 0 Å². The van der Waals surface area contributed by atoms with Crippen molar-refractivity contribution in [2.24, 2.45) is 11.8 Å². The van der Waals surface area contributed by atoms with E-state index in [0.29, 0.717) is 37.4 Å². The van der Waals surface area contributed by atoms with Crippen LogP contribution in [-0.4, -0.2) is 73.2 Å². The van der Waals surface area contributed by atoms with Gasteiger partial charge in [-0.3, -0.25) is 9.59 Å². The van der Waals surface area contributed by atoms with E-state index in [1.807, 2.05) is 0 Å². The van der Waals surface area contributed by atoms with Gasteiger partial charge in [0.2, 0.25) is 0 Å². The van der Waals surface area contributed by atoms with Crippen molar-refractivity contribution in [3.05, 3.63) is 0 Å². The Morgan fingerprint density at radius 2 is 1.00 bits per heavy atom. The van der Waals surface area contributed by atoms with Gasteiger partial charge in [-0.1, -0.05) is 0 Å². The van der Waals surface area contributed by atoms with Crippen LogP contribution in [-0.2, 0) is 19.1 Å². The summed E-state index contributed by atoms with van der Waals surface area (Å²) < 4.78 is 11.0. The summed E-state index contributed by atoms with van der Waals surface area (Å²) in [6.45, 7) is 0.882. The number of carbonyl (C=O) groups is 2. The van der Waals surface area contributed by atoms with Gasteiger partial charge >= 0.3 is 11.9 Å². The van der Waals surface area contributed by atoms with Gasteiger partial charge in [-0.25, -0.2) is 0 Å². The van der Waals surface area contributed by atoms with Gasteiger partial charge in [-0.15, -0.1) is 0 Å². The highest BCUT2D eigenvalue weighted by atomic mass is 16.5. The van der Waals surface area contributed by atoms with Crippen LogP contribution in [0.4, 0.5) is 0 Å². The first-order valence-corrected chi connectivity index (χ1v) is 11.3. The molecule has 158 valence electrons. The fraction of sp³-hybridized carbons (Fsp3) is 0.909. The number of fused-ring (bicyclic) bond motifs is 4. The van der Waals surface area contributed by atoms with Crippen molar-refractivity contribution >= 4 is 11.9 Å². The Balaban J connectivity index is 1.07. The van der Waals surface area contributed by atoms with Crippen molar-refractivity contribution in [2.45, 2.75) is 88.4 Å². The van der Waals surface area contributed by atoms with Gasteiger partial charge in [0, 0.05) is 24.2 Å². The standard InChI is InChI=1S/C22H36N2O4/c1-23-17-5-6-18(23)12-15(11-17)21(25)27-9-3-4-10-28-22(26)16-13-19-7-8-20(14-16)24(19)2/h15-20H,3-14H2,1-2H3. The minimum Gasteiger partial charge on any atom is -0.465 e. The molecule has 4 saturated heterocycles. The lowest BCUT2D eigenvalue weighted by Gasteiger charge is -2.35. The minimum atomic E-state index is -0.0243. The van der Waals surface area contributed by atoms with Gasteiger partial charge in [0.25, 0.3) is 0 Å². The second-order valence-corrected chi connectivity index (χ2v) is 9.48. The van der Waals surface area contributed by atoms with E-state index in [9.17, 15) is 9.59 Å². The Labute approximate surface area is 168 Å². The van der Waals surface area contributed by atoms with Crippen LogP contribution in [0.2, 0.25) is 0 Å². The molecule has 0 N–H and O–H groups in total. The Morgan fingerprint density at radius 3 is 1.32 bits per heavy atom. The van der Waals surface area contributed by atoms with Crippen molar-refractivity contribution in [3.8, 4) is 0 Å². The normalized spacial score (nSPS) is 37.8. The Kier molecular flexibility index (Phi) is 6.26. The first-order chi connectivity index (χ1) is 13.5. The number of unbranched alkanes of at least 4 members (excludes halogenated alkanes) is 1. The predicted molar refractivity (Wildman–Crippen MR) is 106 cm³/mol. The summed E-state index contributed by atoms with van der Waals surface area (Å²) in [6, 6.07) is 2.24. The van der Waals surface area contributed by atoms with Gasteiger partial charge in [-0.2, -0.15) is 0 Å². The van der Waals surface area contributed by atoms with Crippen LogP contribution >= 0.6 is 0 Å². The summed E-state index contributed by atoms with van der Waals surface area (Å²) in [7, 11) is 4.36. The second kappa shape index (κ2) is 8.70. The maximum Gasteiger partial charge on any atom is 0.309 e. The smallest absolute Gasteiger partial charge is 0.309 e. The van der Waals surface area contributed by atoms with E-state index in [1.165, 1.54) is 25.7 Å². The number of esters is 2. The molecular weight excluding hydrogens is 356 g/mol. The Hall–Kier alpha value is -1.14. The number of nitrogens with zero attached hydrogens (tertiary/aromatic N) is 2. The average Bonchev–Trinajstić information content (AvgIpc) is 3.03. The molecule has 4 unspecified atom stereocenters. The molecule has 0 aromatic heterocycles. The second-order valence-electron chi connectivity index (χ2n) is 9.48. The van der Waals surface area contributed by atoms with E-state index in [0.717, 1.165) is 38.5 Å². The number of ether oxygens (including phenoxy) is 2. The van der Waals surface area contributed by atoms with E-state index < -0.39 is 0 Å². The molecule has 0 amide bonds. The molecule has 0 aromatic carbocycles. The van der Waals surface area contributed by atoms with E-state index >= 15 is 0 Å². The van der Waals surface area contributed by atoms with Crippen LogP contribution in [0.3, 0.4) is 0 Å². The molecule has 4 bridgehead atoms. The molecule has 4 atom stereocenters. The molecule has 6 heteroatoms. The summed E-state index contributed by atoms with van der Waals surface area (Å²) >= 11 is 0. The molecule has 4 heterocycles. The van der Waals surface area contributed by atoms with Crippen LogP contribution in [0.25, 0.3) is 0 Å². The highest BCUT2D eigenvalue weighted by molar-refractivity contribution is 5.73. The van der Waals surface area contributed by atoms with Gasteiger partial charge in [0.1, 0.15) is 0 Å². The lowest BCUT2D eigenvalue weighted by Crippen LogP contribution is -2.42. The molecule has 4 fully saturated rings. The molecule has 4 aliphatic heterocycles. The van der Waals surface area contributed by atoms with Gasteiger partial charge in [0.05, 0.1) is 25.0 Å². The van der Waals surface area contributed by atoms with Crippen molar-refractivity contribution in [2.75, 3.05) is 27.3 Å². The van der Waals surface area contributed by atoms with E-state index in [1.54, 1.807) is 0 Å². The molecule has 0 radical (unpaired) electrons. The third-order valence-electron chi connectivity index (χ3n) is 7.89. The molecule has 6 nitrogen and oxygen atoms in total. The molecule has 0 aliphatic carbocycles. The lowest BCUT2D eigenvalue weighted by atomic mass is 9.91. The molecule has 0 spiro atoms. The molecule has 0 aromatic rings. The third kappa shape index (κ3) is 4.23.